The molecule has 0 aliphatic heterocycles. The first-order valence-corrected chi connectivity index (χ1v) is 9.83. The van der Waals surface area contributed by atoms with Gasteiger partial charge >= 0.3 is 5.97 Å². The standard InChI is InChI=1S/C18H12BrFO5S/c19-13-6-7-16(15(20)10-13)25-18(21)17-12(8-9-24-17)11-26(22,23)14-4-2-1-3-5-14/h1-10H,11H2. The molecule has 0 aliphatic carbocycles. The first-order chi connectivity index (χ1) is 12.4. The number of benzene rings is 2. The van der Waals surface area contributed by atoms with Crippen LogP contribution in [0.2, 0.25) is 0 Å². The van der Waals surface area contributed by atoms with Crippen molar-refractivity contribution < 1.29 is 26.8 Å². The second-order valence-corrected chi connectivity index (χ2v) is 8.22. The predicted octanol–water partition coefficient (Wildman–Crippen LogP) is 4.37. The molecule has 0 fully saturated rings. The lowest BCUT2D eigenvalue weighted by Gasteiger charge is -2.07. The molecule has 1 aromatic heterocycles. The van der Waals surface area contributed by atoms with E-state index in [2.05, 4.69) is 15.9 Å². The summed E-state index contributed by atoms with van der Waals surface area (Å²) in [5.41, 5.74) is 0.136. The van der Waals surface area contributed by atoms with E-state index in [0.717, 1.165) is 6.07 Å². The number of carbonyl (C=O) groups excluding carboxylic acids is 1. The smallest absolute Gasteiger partial charge is 0.380 e. The fourth-order valence-electron chi connectivity index (χ4n) is 2.25. The van der Waals surface area contributed by atoms with Gasteiger partial charge in [-0.15, -0.1) is 0 Å². The SMILES string of the molecule is O=C(Oc1ccc(Br)cc1F)c1occc1CS(=O)(=O)c1ccccc1. The fraction of sp³-hybridized carbons (Fsp3) is 0.0556. The van der Waals surface area contributed by atoms with Crippen molar-refractivity contribution in [2.45, 2.75) is 10.6 Å². The molecule has 0 bridgehead atoms. The van der Waals surface area contributed by atoms with Crippen LogP contribution in [0.25, 0.3) is 0 Å². The van der Waals surface area contributed by atoms with E-state index in [0.29, 0.717) is 4.47 Å². The van der Waals surface area contributed by atoms with E-state index in [-0.39, 0.29) is 22.0 Å². The molecule has 134 valence electrons. The maximum absolute atomic E-state index is 13.8. The van der Waals surface area contributed by atoms with Crippen LogP contribution < -0.4 is 4.74 Å². The molecule has 1 heterocycles. The molecule has 8 heteroatoms. The molecule has 26 heavy (non-hydrogen) atoms. The zero-order valence-electron chi connectivity index (χ0n) is 13.2. The maximum atomic E-state index is 13.8. The molecule has 0 unspecified atom stereocenters. The molecule has 0 saturated carbocycles. The van der Waals surface area contributed by atoms with Gasteiger partial charge in [-0.1, -0.05) is 34.1 Å². The highest BCUT2D eigenvalue weighted by molar-refractivity contribution is 9.10. The van der Waals surface area contributed by atoms with E-state index in [1.54, 1.807) is 18.2 Å². The monoisotopic (exact) mass is 438 g/mol. The van der Waals surface area contributed by atoms with Gasteiger partial charge in [-0.2, -0.15) is 0 Å². The van der Waals surface area contributed by atoms with E-state index in [4.69, 9.17) is 9.15 Å². The van der Waals surface area contributed by atoms with Crippen LogP contribution >= 0.6 is 15.9 Å². The Labute approximate surface area is 157 Å². The molecule has 0 radical (unpaired) electrons. The van der Waals surface area contributed by atoms with Crippen LogP contribution in [0.15, 0.2) is 74.6 Å². The lowest BCUT2D eigenvalue weighted by molar-refractivity contribution is 0.0693. The molecule has 3 rings (SSSR count). The normalized spacial score (nSPS) is 11.3. The Morgan fingerprint density at radius 2 is 1.85 bits per heavy atom. The number of carbonyl (C=O) groups is 1. The average Bonchev–Trinajstić information content (AvgIpc) is 3.05. The Balaban J connectivity index is 1.83. The molecule has 0 N–H and O–H groups in total. The van der Waals surface area contributed by atoms with Gasteiger partial charge in [-0.3, -0.25) is 0 Å². The van der Waals surface area contributed by atoms with E-state index in [1.165, 1.54) is 36.6 Å². The van der Waals surface area contributed by atoms with Gasteiger partial charge in [0.2, 0.25) is 5.76 Å². The molecule has 0 atom stereocenters. The van der Waals surface area contributed by atoms with E-state index in [9.17, 15) is 17.6 Å². The van der Waals surface area contributed by atoms with E-state index in [1.807, 2.05) is 0 Å². The Kier molecular flexibility index (Phi) is 5.24. The first-order valence-electron chi connectivity index (χ1n) is 7.38. The summed E-state index contributed by atoms with van der Waals surface area (Å²) in [5.74, 6) is -2.73. The van der Waals surface area contributed by atoms with Gasteiger partial charge in [0.05, 0.1) is 16.9 Å². The van der Waals surface area contributed by atoms with Crippen molar-refractivity contribution in [2.75, 3.05) is 0 Å². The van der Waals surface area contributed by atoms with Crippen molar-refractivity contribution in [1.82, 2.24) is 0 Å². The van der Waals surface area contributed by atoms with Crippen LogP contribution in [-0.2, 0) is 15.6 Å². The summed E-state index contributed by atoms with van der Waals surface area (Å²) < 4.78 is 49.3. The maximum Gasteiger partial charge on any atom is 0.380 e. The number of esters is 1. The first kappa shape index (κ1) is 18.3. The van der Waals surface area contributed by atoms with Gasteiger partial charge < -0.3 is 9.15 Å². The van der Waals surface area contributed by atoms with Crippen LogP contribution in [0.1, 0.15) is 16.1 Å². The number of rotatable bonds is 5. The van der Waals surface area contributed by atoms with Gasteiger partial charge in [-0.05, 0) is 36.4 Å². The average molecular weight is 439 g/mol. The third-order valence-electron chi connectivity index (χ3n) is 3.48. The van der Waals surface area contributed by atoms with Gasteiger partial charge in [-0.25, -0.2) is 17.6 Å². The summed E-state index contributed by atoms with van der Waals surface area (Å²) in [6.07, 6.45) is 1.18. The number of halogens is 2. The lowest BCUT2D eigenvalue weighted by Crippen LogP contribution is -2.13. The predicted molar refractivity (Wildman–Crippen MR) is 95.1 cm³/mol. The highest BCUT2D eigenvalue weighted by Crippen LogP contribution is 2.24. The summed E-state index contributed by atoms with van der Waals surface area (Å²) in [7, 11) is -3.67. The molecule has 0 saturated heterocycles. The van der Waals surface area contributed by atoms with Crippen molar-refractivity contribution >= 4 is 31.7 Å². The zero-order chi connectivity index (χ0) is 18.7. The number of ether oxygens (including phenoxy) is 1. The molecule has 0 amide bonds. The highest BCUT2D eigenvalue weighted by Gasteiger charge is 2.24. The zero-order valence-corrected chi connectivity index (χ0v) is 15.6. The third kappa shape index (κ3) is 4.03. The lowest BCUT2D eigenvalue weighted by atomic mass is 10.3. The molecular formula is C18H12BrFO5S. The summed E-state index contributed by atoms with van der Waals surface area (Å²) in [6.45, 7) is 0. The Bertz CT molecular complexity index is 1040. The van der Waals surface area contributed by atoms with Crippen LogP contribution in [0, 0.1) is 5.82 Å². The molecule has 0 aliphatic rings. The van der Waals surface area contributed by atoms with Crippen molar-refractivity contribution in [3.05, 3.63) is 82.5 Å². The molecule has 5 nitrogen and oxygen atoms in total. The summed E-state index contributed by atoms with van der Waals surface area (Å²) in [5, 5.41) is 0. The van der Waals surface area contributed by atoms with Crippen LogP contribution in [-0.4, -0.2) is 14.4 Å². The Morgan fingerprint density at radius 1 is 1.12 bits per heavy atom. The van der Waals surface area contributed by atoms with Crippen molar-refractivity contribution in [1.29, 1.82) is 0 Å². The highest BCUT2D eigenvalue weighted by atomic mass is 79.9. The van der Waals surface area contributed by atoms with Crippen molar-refractivity contribution in [2.24, 2.45) is 0 Å². The van der Waals surface area contributed by atoms with Crippen LogP contribution in [0.3, 0.4) is 0 Å². The minimum atomic E-state index is -3.67. The Morgan fingerprint density at radius 3 is 2.54 bits per heavy atom. The van der Waals surface area contributed by atoms with Gasteiger partial charge in [0.15, 0.2) is 21.4 Å². The minimum absolute atomic E-state index is 0.125. The number of sulfone groups is 1. The van der Waals surface area contributed by atoms with E-state index < -0.39 is 27.4 Å². The quantitative estimate of drug-likeness (QED) is 0.436. The number of hydrogen-bond donors (Lipinski definition) is 0. The molecular weight excluding hydrogens is 427 g/mol. The molecule has 3 aromatic rings. The van der Waals surface area contributed by atoms with Gasteiger partial charge in [0, 0.05) is 10.0 Å². The van der Waals surface area contributed by atoms with E-state index >= 15 is 0 Å². The topological polar surface area (TPSA) is 73.6 Å². The fourth-order valence-corrected chi connectivity index (χ4v) is 3.96. The largest absolute Gasteiger partial charge is 0.457 e. The Hall–Kier alpha value is -2.45. The van der Waals surface area contributed by atoms with Crippen molar-refractivity contribution in [3.8, 4) is 5.75 Å². The van der Waals surface area contributed by atoms with Gasteiger partial charge in [0.1, 0.15) is 0 Å². The van der Waals surface area contributed by atoms with Crippen LogP contribution in [0.4, 0.5) is 4.39 Å². The molecule has 0 spiro atoms. The molecule has 2 aromatic carbocycles. The number of furan rings is 1. The number of hydrogen-bond acceptors (Lipinski definition) is 5. The third-order valence-corrected chi connectivity index (χ3v) is 5.65. The summed E-state index contributed by atoms with van der Waals surface area (Å²) in [6, 6.07) is 13.1. The minimum Gasteiger partial charge on any atom is -0.457 e. The second kappa shape index (κ2) is 7.43. The van der Waals surface area contributed by atoms with Gasteiger partial charge in [0.25, 0.3) is 0 Å². The second-order valence-electron chi connectivity index (χ2n) is 5.31. The van der Waals surface area contributed by atoms with Crippen LogP contribution in [0.5, 0.6) is 5.75 Å². The summed E-state index contributed by atoms with van der Waals surface area (Å²) in [4.78, 5) is 12.4. The summed E-state index contributed by atoms with van der Waals surface area (Å²) >= 11 is 3.10. The van der Waals surface area contributed by atoms with Crippen molar-refractivity contribution in [3.63, 3.8) is 0 Å².